The van der Waals surface area contributed by atoms with Crippen LogP contribution in [0.3, 0.4) is 0 Å². The van der Waals surface area contributed by atoms with Crippen LogP contribution < -0.4 is 4.74 Å². The lowest BCUT2D eigenvalue weighted by Crippen LogP contribution is -2.45. The van der Waals surface area contributed by atoms with E-state index in [1.54, 1.807) is 19.9 Å². The average Bonchev–Trinajstić information content (AvgIpc) is 2.64. The molecule has 19 heavy (non-hydrogen) atoms. The molecule has 4 nitrogen and oxygen atoms in total. The van der Waals surface area contributed by atoms with Gasteiger partial charge in [0.15, 0.2) is 6.10 Å². The van der Waals surface area contributed by atoms with Crippen molar-refractivity contribution in [2.24, 2.45) is 0 Å². The van der Waals surface area contributed by atoms with Gasteiger partial charge in [-0.05, 0) is 46.2 Å². The smallest absolute Gasteiger partial charge is 0.210 e. The Balaban J connectivity index is 2.45. The van der Waals surface area contributed by atoms with Gasteiger partial charge in [-0.15, -0.1) is 0 Å². The lowest BCUT2D eigenvalue weighted by Gasteiger charge is -2.29. The van der Waals surface area contributed by atoms with Crippen LogP contribution in [0, 0.1) is 13.8 Å². The molecule has 1 aliphatic heterocycles. The molecule has 0 radical (unpaired) electrons. The number of hydrogen-bond donors (Lipinski definition) is 1. The van der Waals surface area contributed by atoms with E-state index in [0.29, 0.717) is 29.0 Å². The standard InChI is InChI=1S/C15H20O4/c1-6-18-15(4,5)14-13(17)11-9(3)12(16)8(2)7-10(11)19-14/h7,14,16H,6H2,1-5H3. The summed E-state index contributed by atoms with van der Waals surface area (Å²) >= 11 is 0. The molecule has 0 saturated heterocycles. The molecule has 1 aliphatic rings. The van der Waals surface area contributed by atoms with Gasteiger partial charge < -0.3 is 14.6 Å². The predicted octanol–water partition coefficient (Wildman–Crippen LogP) is 2.77. The molecule has 0 aromatic heterocycles. The van der Waals surface area contributed by atoms with Crippen molar-refractivity contribution in [2.75, 3.05) is 6.61 Å². The fourth-order valence-electron chi connectivity index (χ4n) is 2.55. The van der Waals surface area contributed by atoms with Crippen molar-refractivity contribution in [3.63, 3.8) is 0 Å². The lowest BCUT2D eigenvalue weighted by molar-refractivity contribution is -0.0675. The molecule has 0 bridgehead atoms. The number of phenolic OH excluding ortho intramolecular Hbond substituents is 1. The van der Waals surface area contributed by atoms with Gasteiger partial charge in [-0.2, -0.15) is 0 Å². The first-order chi connectivity index (χ1) is 8.79. The second-order valence-electron chi connectivity index (χ2n) is 5.44. The van der Waals surface area contributed by atoms with Gasteiger partial charge >= 0.3 is 0 Å². The maximum absolute atomic E-state index is 12.5. The van der Waals surface area contributed by atoms with E-state index in [4.69, 9.17) is 9.47 Å². The van der Waals surface area contributed by atoms with E-state index in [-0.39, 0.29) is 11.5 Å². The number of fused-ring (bicyclic) bond motifs is 1. The highest BCUT2D eigenvalue weighted by Gasteiger charge is 2.45. The molecule has 1 heterocycles. The van der Waals surface area contributed by atoms with Gasteiger partial charge in [0, 0.05) is 12.2 Å². The topological polar surface area (TPSA) is 55.8 Å². The summed E-state index contributed by atoms with van der Waals surface area (Å²) in [6.45, 7) is 9.60. The van der Waals surface area contributed by atoms with Crippen molar-refractivity contribution in [1.29, 1.82) is 0 Å². The Morgan fingerprint density at radius 2 is 2.05 bits per heavy atom. The zero-order valence-corrected chi connectivity index (χ0v) is 12.0. The number of ether oxygens (including phenoxy) is 2. The Bertz CT molecular complexity index is 531. The molecule has 0 amide bonds. The van der Waals surface area contributed by atoms with Crippen molar-refractivity contribution in [2.45, 2.75) is 46.3 Å². The molecule has 1 N–H and O–H groups in total. The van der Waals surface area contributed by atoms with Gasteiger partial charge in [-0.1, -0.05) is 0 Å². The summed E-state index contributed by atoms with van der Waals surface area (Å²) in [5, 5.41) is 9.94. The van der Waals surface area contributed by atoms with Gasteiger partial charge in [0.2, 0.25) is 5.78 Å². The molecular formula is C15H20O4. The number of aryl methyl sites for hydroxylation is 1. The number of carbonyl (C=O) groups excluding carboxylic acids is 1. The van der Waals surface area contributed by atoms with Gasteiger partial charge in [0.05, 0.1) is 5.56 Å². The molecule has 0 aliphatic carbocycles. The molecule has 0 saturated carbocycles. The summed E-state index contributed by atoms with van der Waals surface area (Å²) in [5.74, 6) is 0.572. The Hall–Kier alpha value is -1.55. The minimum atomic E-state index is -0.694. The highest BCUT2D eigenvalue weighted by Crippen LogP contribution is 2.41. The van der Waals surface area contributed by atoms with Crippen LogP contribution in [0.2, 0.25) is 0 Å². The SMILES string of the molecule is CCOC(C)(C)C1Oc2cc(C)c(O)c(C)c2C1=O. The van der Waals surface area contributed by atoms with E-state index < -0.39 is 11.7 Å². The number of benzene rings is 1. The van der Waals surface area contributed by atoms with E-state index >= 15 is 0 Å². The monoisotopic (exact) mass is 264 g/mol. The highest BCUT2D eigenvalue weighted by atomic mass is 16.6. The minimum absolute atomic E-state index is 0.124. The number of phenols is 1. The average molecular weight is 264 g/mol. The third-order valence-corrected chi connectivity index (χ3v) is 3.57. The molecular weight excluding hydrogens is 244 g/mol. The number of ketones is 1. The second-order valence-corrected chi connectivity index (χ2v) is 5.44. The maximum Gasteiger partial charge on any atom is 0.210 e. The third-order valence-electron chi connectivity index (χ3n) is 3.57. The van der Waals surface area contributed by atoms with Crippen LogP contribution in [-0.2, 0) is 4.74 Å². The van der Waals surface area contributed by atoms with Crippen molar-refractivity contribution >= 4 is 5.78 Å². The van der Waals surface area contributed by atoms with Crippen LogP contribution in [0.5, 0.6) is 11.5 Å². The molecule has 104 valence electrons. The summed E-state index contributed by atoms with van der Waals surface area (Å²) in [5.41, 5.74) is 1.07. The number of carbonyl (C=O) groups is 1. The van der Waals surface area contributed by atoms with E-state index in [9.17, 15) is 9.90 Å². The maximum atomic E-state index is 12.5. The summed E-state index contributed by atoms with van der Waals surface area (Å²) in [6, 6.07) is 1.71. The Kier molecular flexibility index (Phi) is 3.31. The van der Waals surface area contributed by atoms with Crippen LogP contribution in [-0.4, -0.2) is 29.2 Å². The van der Waals surface area contributed by atoms with Gasteiger partial charge in [0.1, 0.15) is 17.1 Å². The van der Waals surface area contributed by atoms with E-state index in [0.717, 1.165) is 0 Å². The summed E-state index contributed by atoms with van der Waals surface area (Å²) in [4.78, 5) is 12.5. The van der Waals surface area contributed by atoms with Gasteiger partial charge in [-0.25, -0.2) is 0 Å². The zero-order chi connectivity index (χ0) is 14.4. The number of aromatic hydroxyl groups is 1. The first kappa shape index (κ1) is 13.9. The zero-order valence-electron chi connectivity index (χ0n) is 12.0. The van der Waals surface area contributed by atoms with Crippen molar-refractivity contribution < 1.29 is 19.4 Å². The molecule has 1 atom stereocenters. The van der Waals surface area contributed by atoms with E-state index in [2.05, 4.69) is 0 Å². The molecule has 0 fully saturated rings. The molecule has 2 rings (SSSR count). The van der Waals surface area contributed by atoms with Crippen LogP contribution in [0.25, 0.3) is 0 Å². The third kappa shape index (κ3) is 2.10. The van der Waals surface area contributed by atoms with Gasteiger partial charge in [0.25, 0.3) is 0 Å². The molecule has 0 spiro atoms. The lowest BCUT2D eigenvalue weighted by atomic mass is 9.92. The summed E-state index contributed by atoms with van der Waals surface area (Å²) in [6.07, 6.45) is -0.664. The summed E-state index contributed by atoms with van der Waals surface area (Å²) < 4.78 is 11.4. The predicted molar refractivity (Wildman–Crippen MR) is 72.0 cm³/mol. The largest absolute Gasteiger partial charge is 0.507 e. The van der Waals surface area contributed by atoms with Crippen molar-refractivity contribution in [1.82, 2.24) is 0 Å². The van der Waals surface area contributed by atoms with Crippen LogP contribution in [0.1, 0.15) is 42.3 Å². The first-order valence-electron chi connectivity index (χ1n) is 6.47. The van der Waals surface area contributed by atoms with Gasteiger partial charge in [-0.3, -0.25) is 4.79 Å². The normalized spacial score (nSPS) is 18.4. The number of Topliss-reactive ketones (excluding diaryl/α,β-unsaturated/α-hetero) is 1. The fraction of sp³-hybridized carbons (Fsp3) is 0.533. The summed E-state index contributed by atoms with van der Waals surface area (Å²) in [7, 11) is 0. The Morgan fingerprint density at radius 1 is 1.42 bits per heavy atom. The Morgan fingerprint density at radius 3 is 2.63 bits per heavy atom. The molecule has 1 unspecified atom stereocenters. The quantitative estimate of drug-likeness (QED) is 0.912. The minimum Gasteiger partial charge on any atom is -0.507 e. The van der Waals surface area contributed by atoms with E-state index in [1.807, 2.05) is 20.8 Å². The first-order valence-corrected chi connectivity index (χ1v) is 6.47. The molecule has 1 aromatic carbocycles. The van der Waals surface area contributed by atoms with E-state index in [1.165, 1.54) is 0 Å². The number of hydrogen-bond acceptors (Lipinski definition) is 4. The van der Waals surface area contributed by atoms with Crippen LogP contribution in [0.4, 0.5) is 0 Å². The Labute approximate surface area is 113 Å². The van der Waals surface area contributed by atoms with Crippen molar-refractivity contribution in [3.05, 3.63) is 22.8 Å². The van der Waals surface area contributed by atoms with Crippen LogP contribution >= 0.6 is 0 Å². The van der Waals surface area contributed by atoms with Crippen LogP contribution in [0.15, 0.2) is 6.07 Å². The second kappa shape index (κ2) is 4.53. The fourth-order valence-corrected chi connectivity index (χ4v) is 2.55. The molecule has 1 aromatic rings. The van der Waals surface area contributed by atoms with Crippen molar-refractivity contribution in [3.8, 4) is 11.5 Å². The molecule has 4 heteroatoms. The highest BCUT2D eigenvalue weighted by molar-refractivity contribution is 6.07. The number of rotatable bonds is 3.